The fraction of sp³-hybridized carbons (Fsp3) is 0.760. The number of likely N-dealkylation sites (tertiary alicyclic amines) is 1. The molecule has 4 rings (SSSR count). The second-order valence-electron chi connectivity index (χ2n) is 9.76. The molecule has 0 spiro atoms. The first-order valence-corrected chi connectivity index (χ1v) is 11.6. The number of benzene rings is 1. The molecule has 2 heteroatoms. The molecule has 2 aliphatic carbocycles. The number of hydrogen-bond acceptors (Lipinski definition) is 1. The topological polar surface area (TPSA) is 3.24 Å². The zero-order chi connectivity index (χ0) is 18.9. The Kier molecular flexibility index (Phi) is 5.92. The Balaban J connectivity index is 1.39. The molecule has 2 saturated carbocycles. The molecule has 1 atom stereocenters. The molecule has 0 amide bonds. The van der Waals surface area contributed by atoms with Crippen LogP contribution >= 0.6 is 0 Å². The molecule has 1 aliphatic heterocycles. The lowest BCUT2D eigenvalue weighted by Gasteiger charge is -2.38. The first-order chi connectivity index (χ1) is 13.1. The highest BCUT2D eigenvalue weighted by Crippen LogP contribution is 2.46. The molecule has 150 valence electrons. The average molecular weight is 372 g/mol. The smallest absolute Gasteiger partial charge is 0.123 e. The van der Waals surface area contributed by atoms with Gasteiger partial charge in [0.15, 0.2) is 0 Å². The summed E-state index contributed by atoms with van der Waals surface area (Å²) in [6, 6.07) is 6.43. The second kappa shape index (κ2) is 8.23. The molecular weight excluding hydrogens is 333 g/mol. The third-order valence-corrected chi connectivity index (χ3v) is 8.50. The zero-order valence-electron chi connectivity index (χ0n) is 17.5. The largest absolute Gasteiger partial charge is 0.300 e. The zero-order valence-corrected chi connectivity index (χ0v) is 17.5. The Hall–Kier alpha value is -0.890. The molecule has 1 aromatic carbocycles. The minimum absolute atomic E-state index is 0.0451. The first-order valence-electron chi connectivity index (χ1n) is 11.6. The van der Waals surface area contributed by atoms with Gasteiger partial charge in [-0.25, -0.2) is 4.39 Å². The van der Waals surface area contributed by atoms with Crippen molar-refractivity contribution < 1.29 is 4.39 Å². The quantitative estimate of drug-likeness (QED) is 0.537. The van der Waals surface area contributed by atoms with Crippen LogP contribution in [0.4, 0.5) is 4.39 Å². The van der Waals surface area contributed by atoms with E-state index in [1.54, 1.807) is 6.07 Å². The van der Waals surface area contributed by atoms with E-state index in [1.807, 2.05) is 6.07 Å². The predicted molar refractivity (Wildman–Crippen MR) is 112 cm³/mol. The van der Waals surface area contributed by atoms with E-state index >= 15 is 0 Å². The van der Waals surface area contributed by atoms with Crippen LogP contribution in [0.5, 0.6) is 0 Å². The molecule has 1 nitrogen and oxygen atoms in total. The van der Waals surface area contributed by atoms with Gasteiger partial charge >= 0.3 is 0 Å². The van der Waals surface area contributed by atoms with Gasteiger partial charge in [-0.05, 0) is 92.1 Å². The highest BCUT2D eigenvalue weighted by molar-refractivity contribution is 5.32. The van der Waals surface area contributed by atoms with E-state index in [4.69, 9.17) is 0 Å². The lowest BCUT2D eigenvalue weighted by Crippen LogP contribution is -2.40. The van der Waals surface area contributed by atoms with E-state index < -0.39 is 0 Å². The number of halogens is 1. The minimum atomic E-state index is -0.0451. The number of hydrogen-bond donors (Lipinski definition) is 0. The van der Waals surface area contributed by atoms with Crippen LogP contribution in [0.3, 0.4) is 0 Å². The van der Waals surface area contributed by atoms with E-state index in [0.29, 0.717) is 11.3 Å². The Labute approximate surface area is 165 Å². The Morgan fingerprint density at radius 1 is 1.04 bits per heavy atom. The van der Waals surface area contributed by atoms with Gasteiger partial charge in [-0.1, -0.05) is 52.0 Å². The van der Waals surface area contributed by atoms with Crippen molar-refractivity contribution in [2.45, 2.75) is 96.4 Å². The van der Waals surface area contributed by atoms with Crippen molar-refractivity contribution in [1.29, 1.82) is 0 Å². The third kappa shape index (κ3) is 4.11. The van der Waals surface area contributed by atoms with Gasteiger partial charge in [0.25, 0.3) is 0 Å². The van der Waals surface area contributed by atoms with Gasteiger partial charge in [-0.3, -0.25) is 0 Å². The average Bonchev–Trinajstić information content (AvgIpc) is 3.11. The van der Waals surface area contributed by atoms with Crippen molar-refractivity contribution in [3.8, 4) is 0 Å². The first kappa shape index (κ1) is 19.4. The second-order valence-corrected chi connectivity index (χ2v) is 9.76. The molecule has 1 saturated heterocycles. The summed E-state index contributed by atoms with van der Waals surface area (Å²) in [5.74, 6) is 1.37. The lowest BCUT2D eigenvalue weighted by atomic mass is 9.77. The maximum absolute atomic E-state index is 14.0. The van der Waals surface area contributed by atoms with Gasteiger partial charge in [-0.2, -0.15) is 0 Å². The monoisotopic (exact) mass is 371 g/mol. The number of nitrogens with zero attached hydrogens (tertiary/aromatic N) is 1. The van der Waals surface area contributed by atoms with E-state index in [0.717, 1.165) is 12.0 Å². The Morgan fingerprint density at radius 2 is 1.78 bits per heavy atom. The molecule has 1 heterocycles. The predicted octanol–water partition coefficient (Wildman–Crippen LogP) is 6.71. The van der Waals surface area contributed by atoms with Gasteiger partial charge in [0, 0.05) is 6.04 Å². The van der Waals surface area contributed by atoms with Crippen molar-refractivity contribution in [3.05, 3.63) is 35.1 Å². The van der Waals surface area contributed by atoms with Crippen molar-refractivity contribution in [2.75, 3.05) is 13.1 Å². The number of piperidine rings is 1. The van der Waals surface area contributed by atoms with E-state index in [9.17, 15) is 4.39 Å². The summed E-state index contributed by atoms with van der Waals surface area (Å²) >= 11 is 0. The molecule has 0 aromatic heterocycles. The molecule has 27 heavy (non-hydrogen) atoms. The van der Waals surface area contributed by atoms with Crippen LogP contribution in [0.2, 0.25) is 0 Å². The van der Waals surface area contributed by atoms with Crippen LogP contribution < -0.4 is 0 Å². The summed E-state index contributed by atoms with van der Waals surface area (Å²) in [4.78, 5) is 2.77. The lowest BCUT2D eigenvalue weighted by molar-refractivity contribution is 0.138. The van der Waals surface area contributed by atoms with Crippen LogP contribution in [-0.4, -0.2) is 24.0 Å². The maximum Gasteiger partial charge on any atom is 0.123 e. The molecule has 0 radical (unpaired) electrons. The van der Waals surface area contributed by atoms with Crippen molar-refractivity contribution in [3.63, 3.8) is 0 Å². The van der Waals surface area contributed by atoms with Crippen molar-refractivity contribution >= 4 is 0 Å². The van der Waals surface area contributed by atoms with E-state index in [1.165, 1.54) is 94.8 Å². The minimum Gasteiger partial charge on any atom is -0.300 e. The van der Waals surface area contributed by atoms with Crippen LogP contribution in [0.15, 0.2) is 18.2 Å². The Bertz CT molecular complexity index is 623. The van der Waals surface area contributed by atoms with Gasteiger partial charge < -0.3 is 4.90 Å². The molecule has 3 fully saturated rings. The van der Waals surface area contributed by atoms with Gasteiger partial charge in [0.1, 0.15) is 5.82 Å². The summed E-state index contributed by atoms with van der Waals surface area (Å²) < 4.78 is 14.0. The summed E-state index contributed by atoms with van der Waals surface area (Å²) in [6.07, 6.45) is 14.6. The highest BCUT2D eigenvalue weighted by Gasteiger charge is 2.39. The van der Waals surface area contributed by atoms with Crippen LogP contribution in [0.1, 0.15) is 95.1 Å². The normalized spacial score (nSPS) is 27.0. The third-order valence-electron chi connectivity index (χ3n) is 8.50. The fourth-order valence-electron chi connectivity index (χ4n) is 6.10. The maximum atomic E-state index is 14.0. The summed E-state index contributed by atoms with van der Waals surface area (Å²) in [5, 5.41) is 0. The molecule has 1 aromatic rings. The fourth-order valence-corrected chi connectivity index (χ4v) is 6.10. The van der Waals surface area contributed by atoms with Gasteiger partial charge in [0.05, 0.1) is 0 Å². The number of rotatable bonds is 6. The Morgan fingerprint density at radius 3 is 2.37 bits per heavy atom. The van der Waals surface area contributed by atoms with Gasteiger partial charge in [-0.15, -0.1) is 0 Å². The van der Waals surface area contributed by atoms with Crippen molar-refractivity contribution in [1.82, 2.24) is 4.90 Å². The molecule has 3 aliphatic rings. The molecule has 0 N–H and O–H groups in total. The van der Waals surface area contributed by atoms with E-state index in [2.05, 4.69) is 24.8 Å². The van der Waals surface area contributed by atoms with Crippen LogP contribution in [0, 0.1) is 17.2 Å². The molecule has 1 unspecified atom stereocenters. The summed E-state index contributed by atoms with van der Waals surface area (Å²) in [5.41, 5.74) is 3.39. The SMILES string of the molecule is CCC1(CC)CCC(N2CCC(c3cc(F)ccc3CC3CCC3)CC2)C1. The summed E-state index contributed by atoms with van der Waals surface area (Å²) in [7, 11) is 0. The highest BCUT2D eigenvalue weighted by atomic mass is 19.1. The van der Waals surface area contributed by atoms with Crippen LogP contribution in [-0.2, 0) is 6.42 Å². The van der Waals surface area contributed by atoms with Gasteiger partial charge in [0.2, 0.25) is 0 Å². The standard InChI is InChI=1S/C25H38FN/c1-3-25(4-2)13-10-23(18-25)27-14-11-20(12-15-27)24-17-22(26)9-8-21(24)16-19-6-5-7-19/h8-9,17,19-20,23H,3-7,10-16,18H2,1-2H3. The molecule has 0 bridgehead atoms. The van der Waals surface area contributed by atoms with E-state index in [-0.39, 0.29) is 5.82 Å². The molecular formula is C25H38FN. The van der Waals surface area contributed by atoms with Crippen molar-refractivity contribution in [2.24, 2.45) is 11.3 Å². The summed E-state index contributed by atoms with van der Waals surface area (Å²) in [6.45, 7) is 7.17. The van der Waals surface area contributed by atoms with Crippen LogP contribution in [0.25, 0.3) is 0 Å².